The first kappa shape index (κ1) is 9.29. The molecule has 0 aliphatic carbocycles. The number of rotatable bonds is 1. The molecule has 1 aromatic carbocycles. The molecule has 0 radical (unpaired) electrons. The van der Waals surface area contributed by atoms with Crippen molar-refractivity contribution >= 4 is 28.4 Å². The molecule has 12 heavy (non-hydrogen) atoms. The lowest BCUT2D eigenvalue weighted by Crippen LogP contribution is -1.91. The maximum absolute atomic E-state index is 12.6. The Morgan fingerprint density at radius 3 is 2.67 bits per heavy atom. The van der Waals surface area contributed by atoms with Crippen LogP contribution in [-0.4, -0.2) is 10.4 Å². The van der Waals surface area contributed by atoms with Crippen molar-refractivity contribution in [3.05, 3.63) is 34.6 Å². The lowest BCUT2D eigenvalue weighted by molar-refractivity contribution is 0.321. The molecule has 1 rings (SSSR count). The molecule has 0 spiro atoms. The molecule has 0 atom stereocenters. The molecule has 2 nitrogen and oxygen atoms in total. The minimum absolute atomic E-state index is 0.0608. The Morgan fingerprint density at radius 2 is 2.17 bits per heavy atom. The second kappa shape index (κ2) is 3.74. The topological polar surface area (TPSA) is 32.6 Å². The molecule has 0 fully saturated rings. The maximum atomic E-state index is 12.6. The van der Waals surface area contributed by atoms with Crippen molar-refractivity contribution in [1.29, 1.82) is 0 Å². The maximum Gasteiger partial charge on any atom is 0.175 e. The fourth-order valence-electron chi connectivity index (χ4n) is 0.682. The van der Waals surface area contributed by atoms with Gasteiger partial charge in [-0.15, -0.1) is 0 Å². The third-order valence-electron chi connectivity index (χ3n) is 1.25. The Labute approximate surface area is 78.2 Å². The summed E-state index contributed by atoms with van der Waals surface area (Å²) in [5.41, 5.74) is 0.366. The minimum atomic E-state index is -0.539. The van der Waals surface area contributed by atoms with Gasteiger partial charge >= 0.3 is 0 Å². The predicted octanol–water partition coefficient (Wildman–Crippen LogP) is 2.85. The summed E-state index contributed by atoms with van der Waals surface area (Å²) in [5, 5.41) is 10.8. The van der Waals surface area contributed by atoms with Crippen molar-refractivity contribution in [1.82, 2.24) is 0 Å². The van der Waals surface area contributed by atoms with Crippen LogP contribution in [0.15, 0.2) is 23.4 Å². The van der Waals surface area contributed by atoms with E-state index < -0.39 is 5.82 Å². The first-order valence-corrected chi connectivity index (χ1v) is 3.73. The molecular weight excluding hydrogens is 204 g/mol. The second-order valence-electron chi connectivity index (χ2n) is 2.02. The molecule has 5 heteroatoms. The van der Waals surface area contributed by atoms with E-state index in [2.05, 4.69) is 5.16 Å². The highest BCUT2D eigenvalue weighted by atomic mass is 35.5. The van der Waals surface area contributed by atoms with Gasteiger partial charge in [0, 0.05) is 5.56 Å². The van der Waals surface area contributed by atoms with Crippen LogP contribution >= 0.6 is 23.2 Å². The van der Waals surface area contributed by atoms with Gasteiger partial charge in [0.05, 0.1) is 5.02 Å². The first-order chi connectivity index (χ1) is 5.65. The van der Waals surface area contributed by atoms with Crippen LogP contribution in [0.5, 0.6) is 0 Å². The van der Waals surface area contributed by atoms with Gasteiger partial charge in [0.2, 0.25) is 0 Å². The standard InChI is InChI=1S/C7H4Cl2FNO/c8-5-3-4(7(9)11-12)1-2-6(5)10/h1-3,12H/b11-7+. The zero-order chi connectivity index (χ0) is 9.14. The third-order valence-corrected chi connectivity index (χ3v) is 1.83. The molecule has 1 aromatic rings. The van der Waals surface area contributed by atoms with Gasteiger partial charge in [-0.3, -0.25) is 0 Å². The van der Waals surface area contributed by atoms with Gasteiger partial charge < -0.3 is 5.21 Å². The van der Waals surface area contributed by atoms with Gasteiger partial charge in [-0.25, -0.2) is 4.39 Å². The zero-order valence-electron chi connectivity index (χ0n) is 5.76. The molecule has 0 aliphatic heterocycles. The highest BCUT2D eigenvalue weighted by Crippen LogP contribution is 2.17. The monoisotopic (exact) mass is 207 g/mol. The Kier molecular flexibility index (Phi) is 2.89. The normalized spacial score (nSPS) is 11.8. The van der Waals surface area contributed by atoms with E-state index in [-0.39, 0.29) is 10.2 Å². The van der Waals surface area contributed by atoms with Crippen molar-refractivity contribution in [3.63, 3.8) is 0 Å². The minimum Gasteiger partial charge on any atom is -0.410 e. The zero-order valence-corrected chi connectivity index (χ0v) is 7.27. The summed E-state index contributed by atoms with van der Waals surface area (Å²) >= 11 is 10.9. The van der Waals surface area contributed by atoms with E-state index in [4.69, 9.17) is 28.4 Å². The van der Waals surface area contributed by atoms with Crippen LogP contribution < -0.4 is 0 Å². The molecule has 0 amide bonds. The largest absolute Gasteiger partial charge is 0.410 e. The molecule has 0 saturated heterocycles. The predicted molar refractivity (Wildman–Crippen MR) is 45.6 cm³/mol. The summed E-state index contributed by atoms with van der Waals surface area (Å²) in [6.45, 7) is 0. The number of hydrogen-bond acceptors (Lipinski definition) is 2. The van der Waals surface area contributed by atoms with Crippen LogP contribution in [0.4, 0.5) is 4.39 Å². The Morgan fingerprint density at radius 1 is 1.50 bits per heavy atom. The van der Waals surface area contributed by atoms with E-state index in [9.17, 15) is 4.39 Å². The average molecular weight is 208 g/mol. The van der Waals surface area contributed by atoms with E-state index in [1.165, 1.54) is 12.1 Å². The highest BCUT2D eigenvalue weighted by Gasteiger charge is 2.04. The molecule has 64 valence electrons. The molecule has 0 heterocycles. The van der Waals surface area contributed by atoms with Crippen LogP contribution in [0.25, 0.3) is 0 Å². The van der Waals surface area contributed by atoms with Gasteiger partial charge in [0.15, 0.2) is 5.17 Å². The molecule has 0 aromatic heterocycles. The smallest absolute Gasteiger partial charge is 0.175 e. The first-order valence-electron chi connectivity index (χ1n) is 2.98. The lowest BCUT2D eigenvalue weighted by Gasteiger charge is -1.97. The molecule has 0 aliphatic rings. The summed E-state index contributed by atoms with van der Waals surface area (Å²) in [6.07, 6.45) is 0. The van der Waals surface area contributed by atoms with Crippen molar-refractivity contribution in [2.45, 2.75) is 0 Å². The van der Waals surface area contributed by atoms with Crippen LogP contribution in [0, 0.1) is 5.82 Å². The molecule has 1 N–H and O–H groups in total. The number of halogens is 3. The van der Waals surface area contributed by atoms with E-state index in [1.807, 2.05) is 0 Å². The SMILES string of the molecule is O/N=C(/Cl)c1ccc(F)c(Cl)c1. The molecule has 0 bridgehead atoms. The summed E-state index contributed by atoms with van der Waals surface area (Å²) in [5.74, 6) is -0.539. The van der Waals surface area contributed by atoms with Crippen LogP contribution in [0.1, 0.15) is 5.56 Å². The number of oxime groups is 1. The van der Waals surface area contributed by atoms with Gasteiger partial charge in [0.1, 0.15) is 5.82 Å². The number of benzene rings is 1. The highest BCUT2D eigenvalue weighted by molar-refractivity contribution is 6.69. The second-order valence-corrected chi connectivity index (χ2v) is 2.78. The summed E-state index contributed by atoms with van der Waals surface area (Å²) in [4.78, 5) is 0. The Bertz CT molecular complexity index is 327. The molecule has 0 unspecified atom stereocenters. The van der Waals surface area contributed by atoms with Gasteiger partial charge in [-0.1, -0.05) is 28.4 Å². The Hall–Kier alpha value is -0.800. The summed E-state index contributed by atoms with van der Waals surface area (Å²) in [7, 11) is 0. The lowest BCUT2D eigenvalue weighted by atomic mass is 10.2. The van der Waals surface area contributed by atoms with E-state index in [0.29, 0.717) is 5.56 Å². The molecular formula is C7H4Cl2FNO. The Balaban J connectivity index is 3.13. The van der Waals surface area contributed by atoms with Crippen LogP contribution in [0.2, 0.25) is 5.02 Å². The van der Waals surface area contributed by atoms with E-state index >= 15 is 0 Å². The number of hydrogen-bond donors (Lipinski definition) is 1. The fraction of sp³-hybridized carbons (Fsp3) is 0. The molecule has 0 saturated carbocycles. The van der Waals surface area contributed by atoms with Crippen LogP contribution in [-0.2, 0) is 0 Å². The summed E-state index contributed by atoms with van der Waals surface area (Å²) in [6, 6.07) is 3.79. The third kappa shape index (κ3) is 1.87. The fourth-order valence-corrected chi connectivity index (χ4v) is 0.980. The van der Waals surface area contributed by atoms with E-state index in [1.54, 1.807) is 0 Å². The quantitative estimate of drug-likeness (QED) is 0.429. The van der Waals surface area contributed by atoms with Gasteiger partial charge in [-0.05, 0) is 18.2 Å². The van der Waals surface area contributed by atoms with Crippen molar-refractivity contribution in [2.75, 3.05) is 0 Å². The number of nitrogens with zero attached hydrogens (tertiary/aromatic N) is 1. The average Bonchev–Trinajstić information content (AvgIpc) is 2.08. The van der Waals surface area contributed by atoms with E-state index in [0.717, 1.165) is 6.07 Å². The van der Waals surface area contributed by atoms with Crippen molar-refractivity contribution in [3.8, 4) is 0 Å². The van der Waals surface area contributed by atoms with Gasteiger partial charge in [-0.2, -0.15) is 0 Å². The van der Waals surface area contributed by atoms with Crippen molar-refractivity contribution < 1.29 is 9.60 Å². The summed E-state index contributed by atoms with van der Waals surface area (Å²) < 4.78 is 12.6. The van der Waals surface area contributed by atoms with Crippen molar-refractivity contribution in [2.24, 2.45) is 5.16 Å². The van der Waals surface area contributed by atoms with Gasteiger partial charge in [0.25, 0.3) is 0 Å². The van der Waals surface area contributed by atoms with Crippen LogP contribution in [0.3, 0.4) is 0 Å².